The van der Waals surface area contributed by atoms with Crippen LogP contribution in [0.5, 0.6) is 0 Å². The van der Waals surface area contributed by atoms with Crippen LogP contribution in [0, 0.1) is 0 Å². The van der Waals surface area contributed by atoms with E-state index in [4.69, 9.17) is 0 Å². The molecule has 0 atom stereocenters. The number of rotatable bonds is 3. The average Bonchev–Trinajstić information content (AvgIpc) is 3.18. The molecule has 0 bridgehead atoms. The van der Waals surface area contributed by atoms with Gasteiger partial charge in [-0.3, -0.25) is 4.79 Å². The molecule has 23 heavy (non-hydrogen) atoms. The van der Waals surface area contributed by atoms with Crippen LogP contribution in [0.3, 0.4) is 0 Å². The molecule has 0 unspecified atom stereocenters. The van der Waals surface area contributed by atoms with Gasteiger partial charge in [-0.2, -0.15) is 4.98 Å². The van der Waals surface area contributed by atoms with Crippen LogP contribution < -0.4 is 10.6 Å². The molecule has 0 saturated carbocycles. The van der Waals surface area contributed by atoms with Crippen LogP contribution in [0.4, 0.5) is 5.69 Å². The van der Waals surface area contributed by atoms with Gasteiger partial charge in [-0.1, -0.05) is 30.0 Å². The SMILES string of the molecule is O=C(CSc1nc(=O)[nH]c2c1CCC2)N1CCc2ccccc21. The summed E-state index contributed by atoms with van der Waals surface area (Å²) in [6.07, 6.45) is 3.78. The van der Waals surface area contributed by atoms with Gasteiger partial charge in [0.2, 0.25) is 5.91 Å². The highest BCUT2D eigenvalue weighted by Crippen LogP contribution is 2.31. The summed E-state index contributed by atoms with van der Waals surface area (Å²) in [5, 5.41) is 0.724. The fraction of sp³-hybridized carbons (Fsp3) is 0.353. The first-order chi connectivity index (χ1) is 11.2. The van der Waals surface area contributed by atoms with Gasteiger partial charge in [0, 0.05) is 23.5 Å². The Balaban J connectivity index is 1.50. The predicted molar refractivity (Wildman–Crippen MR) is 90.1 cm³/mol. The number of aromatic amines is 1. The lowest BCUT2D eigenvalue weighted by molar-refractivity contribution is -0.116. The summed E-state index contributed by atoms with van der Waals surface area (Å²) >= 11 is 1.39. The van der Waals surface area contributed by atoms with Gasteiger partial charge in [0.05, 0.1) is 5.75 Å². The number of amides is 1. The molecule has 0 radical (unpaired) electrons. The number of nitrogens with zero attached hydrogens (tertiary/aromatic N) is 2. The van der Waals surface area contributed by atoms with Crippen molar-refractivity contribution < 1.29 is 4.79 Å². The molecule has 0 saturated heterocycles. The molecule has 118 valence electrons. The summed E-state index contributed by atoms with van der Waals surface area (Å²) in [5.74, 6) is 0.394. The molecule has 6 heteroatoms. The molecule has 5 nitrogen and oxygen atoms in total. The van der Waals surface area contributed by atoms with Crippen molar-refractivity contribution >= 4 is 23.4 Å². The molecule has 1 aliphatic heterocycles. The Bertz CT molecular complexity index is 831. The minimum Gasteiger partial charge on any atom is -0.311 e. The van der Waals surface area contributed by atoms with Crippen molar-refractivity contribution in [2.45, 2.75) is 30.7 Å². The molecule has 2 aliphatic rings. The molecule has 1 aromatic carbocycles. The Labute approximate surface area is 138 Å². The Hall–Kier alpha value is -2.08. The number of aromatic nitrogens is 2. The van der Waals surface area contributed by atoms with E-state index in [0.29, 0.717) is 5.75 Å². The van der Waals surface area contributed by atoms with E-state index in [1.54, 1.807) is 0 Å². The van der Waals surface area contributed by atoms with Crippen molar-refractivity contribution in [2.24, 2.45) is 0 Å². The highest BCUT2D eigenvalue weighted by molar-refractivity contribution is 8.00. The normalized spacial score (nSPS) is 15.6. The van der Waals surface area contributed by atoms with Gasteiger partial charge in [0.1, 0.15) is 5.03 Å². The molecule has 0 fully saturated rings. The molecule has 2 heterocycles. The number of benzene rings is 1. The van der Waals surface area contributed by atoms with Gasteiger partial charge in [0.15, 0.2) is 0 Å². The zero-order chi connectivity index (χ0) is 15.8. The summed E-state index contributed by atoms with van der Waals surface area (Å²) in [7, 11) is 0. The van der Waals surface area contributed by atoms with Crippen LogP contribution in [-0.2, 0) is 24.1 Å². The number of thioether (sulfide) groups is 1. The van der Waals surface area contributed by atoms with Gasteiger partial charge >= 0.3 is 5.69 Å². The number of hydrogen-bond acceptors (Lipinski definition) is 4. The van der Waals surface area contributed by atoms with E-state index in [-0.39, 0.29) is 11.6 Å². The topological polar surface area (TPSA) is 66.1 Å². The first-order valence-corrected chi connectivity index (χ1v) is 8.84. The quantitative estimate of drug-likeness (QED) is 0.691. The van der Waals surface area contributed by atoms with E-state index in [2.05, 4.69) is 16.0 Å². The van der Waals surface area contributed by atoms with Crippen LogP contribution in [-0.4, -0.2) is 28.2 Å². The Morgan fingerprint density at radius 3 is 3.04 bits per heavy atom. The molecule has 2 aromatic rings. The maximum atomic E-state index is 12.6. The second kappa shape index (κ2) is 5.85. The number of carbonyl (C=O) groups excluding carboxylic acids is 1. The Kier molecular flexibility index (Phi) is 3.69. The third-order valence-electron chi connectivity index (χ3n) is 4.46. The Morgan fingerprint density at radius 2 is 2.13 bits per heavy atom. The molecular formula is C17H17N3O2S. The van der Waals surface area contributed by atoms with E-state index < -0.39 is 0 Å². The van der Waals surface area contributed by atoms with E-state index in [1.807, 2.05) is 23.1 Å². The van der Waals surface area contributed by atoms with Crippen LogP contribution in [0.25, 0.3) is 0 Å². The zero-order valence-electron chi connectivity index (χ0n) is 12.7. The number of aryl methyl sites for hydroxylation is 1. The standard InChI is InChI=1S/C17H17N3O2S/c21-15(20-9-8-11-4-1-2-7-14(11)20)10-23-16-12-5-3-6-13(12)18-17(22)19-16/h1-2,4,7H,3,5-6,8-10H2,(H,18,19,22). The van der Waals surface area contributed by atoms with Crippen LogP contribution in [0.1, 0.15) is 23.2 Å². The number of para-hydroxylation sites is 1. The lowest BCUT2D eigenvalue weighted by Gasteiger charge is -2.17. The van der Waals surface area contributed by atoms with Crippen molar-refractivity contribution in [3.63, 3.8) is 0 Å². The maximum absolute atomic E-state index is 12.6. The minimum atomic E-state index is -0.313. The van der Waals surface area contributed by atoms with Gasteiger partial charge in [-0.25, -0.2) is 4.79 Å². The monoisotopic (exact) mass is 327 g/mol. The summed E-state index contributed by atoms with van der Waals surface area (Å²) in [6.45, 7) is 0.736. The van der Waals surface area contributed by atoms with E-state index >= 15 is 0 Å². The lowest BCUT2D eigenvalue weighted by Crippen LogP contribution is -2.30. The molecule has 0 spiro atoms. The van der Waals surface area contributed by atoms with E-state index in [9.17, 15) is 9.59 Å². The van der Waals surface area contributed by atoms with Crippen molar-refractivity contribution in [1.82, 2.24) is 9.97 Å². The van der Waals surface area contributed by atoms with Crippen molar-refractivity contribution in [2.75, 3.05) is 17.2 Å². The number of H-pyrrole nitrogens is 1. The molecule has 4 rings (SSSR count). The van der Waals surface area contributed by atoms with E-state index in [1.165, 1.54) is 17.3 Å². The predicted octanol–water partition coefficient (Wildman–Crippen LogP) is 1.94. The largest absolute Gasteiger partial charge is 0.346 e. The average molecular weight is 327 g/mol. The second-order valence-electron chi connectivity index (χ2n) is 5.87. The summed E-state index contributed by atoms with van der Waals surface area (Å²) in [6, 6.07) is 8.03. The van der Waals surface area contributed by atoms with Crippen LogP contribution >= 0.6 is 11.8 Å². The first kappa shape index (κ1) is 14.5. The number of hydrogen-bond donors (Lipinski definition) is 1. The smallest absolute Gasteiger partial charge is 0.311 e. The van der Waals surface area contributed by atoms with Crippen molar-refractivity contribution in [3.8, 4) is 0 Å². The van der Waals surface area contributed by atoms with Gasteiger partial charge in [-0.05, 0) is 37.3 Å². The minimum absolute atomic E-state index is 0.0776. The van der Waals surface area contributed by atoms with Crippen LogP contribution in [0.2, 0.25) is 0 Å². The summed E-state index contributed by atoms with van der Waals surface area (Å²) in [5.41, 5.74) is 4.03. The molecule has 1 amide bonds. The fourth-order valence-electron chi connectivity index (χ4n) is 3.36. The molecule has 1 aromatic heterocycles. The van der Waals surface area contributed by atoms with Crippen molar-refractivity contribution in [1.29, 1.82) is 0 Å². The maximum Gasteiger partial charge on any atom is 0.346 e. The van der Waals surface area contributed by atoms with Gasteiger partial charge in [-0.15, -0.1) is 0 Å². The third kappa shape index (κ3) is 2.67. The highest BCUT2D eigenvalue weighted by Gasteiger charge is 2.25. The third-order valence-corrected chi connectivity index (χ3v) is 5.46. The molecular weight excluding hydrogens is 310 g/mol. The van der Waals surface area contributed by atoms with Gasteiger partial charge in [0.25, 0.3) is 0 Å². The Morgan fingerprint density at radius 1 is 1.26 bits per heavy atom. The molecule has 1 N–H and O–H groups in total. The number of nitrogens with one attached hydrogen (secondary N) is 1. The zero-order valence-corrected chi connectivity index (χ0v) is 13.5. The summed E-state index contributed by atoms with van der Waals surface area (Å²) < 4.78 is 0. The lowest BCUT2D eigenvalue weighted by atomic mass is 10.2. The second-order valence-corrected chi connectivity index (χ2v) is 6.83. The van der Waals surface area contributed by atoms with E-state index in [0.717, 1.165) is 54.2 Å². The van der Waals surface area contributed by atoms with Gasteiger partial charge < -0.3 is 9.88 Å². The van der Waals surface area contributed by atoms with Crippen molar-refractivity contribution in [3.05, 3.63) is 51.6 Å². The highest BCUT2D eigenvalue weighted by atomic mass is 32.2. The summed E-state index contributed by atoms with van der Waals surface area (Å²) in [4.78, 5) is 32.9. The number of fused-ring (bicyclic) bond motifs is 2. The first-order valence-electron chi connectivity index (χ1n) is 7.85. The molecule has 1 aliphatic carbocycles. The number of carbonyl (C=O) groups is 1. The van der Waals surface area contributed by atoms with Crippen LogP contribution in [0.15, 0.2) is 34.1 Å². The fourth-order valence-corrected chi connectivity index (χ4v) is 4.32. The number of anilines is 1.